The molecule has 0 fully saturated rings. The molecule has 0 saturated carbocycles. The van der Waals surface area contributed by atoms with Crippen molar-refractivity contribution in [2.24, 2.45) is 5.92 Å². The molecule has 0 heterocycles. The lowest BCUT2D eigenvalue weighted by molar-refractivity contribution is 0.0958. The van der Waals surface area contributed by atoms with E-state index in [1.165, 1.54) is 9.81 Å². The van der Waals surface area contributed by atoms with E-state index >= 15 is 0 Å². The van der Waals surface area contributed by atoms with Crippen LogP contribution < -0.4 is 0 Å². The third kappa shape index (κ3) is 29.8. The molecule has 0 radical (unpaired) electrons. The van der Waals surface area contributed by atoms with Crippen LogP contribution in [0.25, 0.3) is 0 Å². The van der Waals surface area contributed by atoms with E-state index in [1.54, 1.807) is 0 Å². The van der Waals surface area contributed by atoms with Crippen molar-refractivity contribution in [2.75, 3.05) is 102 Å². The molecule has 32 heteroatoms. The second-order valence-corrected chi connectivity index (χ2v) is 71.6. The molecule has 0 saturated heterocycles. The Balaban J connectivity index is 10.4. The van der Waals surface area contributed by atoms with Gasteiger partial charge in [-0.05, 0) is 183 Å². The molecule has 0 aliphatic heterocycles. The van der Waals surface area contributed by atoms with E-state index in [-0.39, 0.29) is 0 Å². The van der Waals surface area contributed by atoms with Gasteiger partial charge in [-0.25, -0.2) is 0 Å². The topological polar surface area (TPSA) is 111 Å². The van der Waals surface area contributed by atoms with Crippen molar-refractivity contribution in [3.05, 3.63) is 9.81 Å². The molecule has 468 valence electrons. The predicted molar refractivity (Wildman–Crippen MR) is 388 cm³/mol. The molecule has 0 N–H and O–H groups in total. The normalized spacial score (nSPS) is 15.2. The van der Waals surface area contributed by atoms with E-state index in [0.29, 0.717) is 85.2 Å². The first-order valence-electron chi connectivity index (χ1n) is 28.0. The van der Waals surface area contributed by atoms with Crippen molar-refractivity contribution < 1.29 is 53.1 Å². The smallest absolute Gasteiger partial charge is 0.331 e. The highest BCUT2D eigenvalue weighted by molar-refractivity contribution is 9.34. The Bertz CT molecular complexity index is 1320. The fraction of sp³-hybridized carbons (Fsp3) is 0.957. The molecule has 12 nitrogen and oxygen atoms in total. The highest BCUT2D eigenvalue weighted by Crippen LogP contribution is 2.67. The van der Waals surface area contributed by atoms with Crippen LogP contribution in [-0.2, 0) is 86.7 Å². The van der Waals surface area contributed by atoms with Crippen LogP contribution >= 0.6 is 126 Å². The second-order valence-electron chi connectivity index (χ2n) is 15.8. The number of hydrogen-bond donors (Lipinski definition) is 0. The van der Waals surface area contributed by atoms with Gasteiger partial charge in [0.15, 0.2) is 77.0 Å². The number of rotatable bonds is 57. The van der Waals surface area contributed by atoms with Crippen molar-refractivity contribution in [3.63, 3.8) is 0 Å². The summed E-state index contributed by atoms with van der Waals surface area (Å²) in [5.74, 6) is 4.30. The average molecular weight is 1470 g/mol. The van der Waals surface area contributed by atoms with Crippen molar-refractivity contribution in [1.29, 1.82) is 0 Å². The molecule has 0 spiro atoms. The summed E-state index contributed by atoms with van der Waals surface area (Å²) in [5.41, 5.74) is 1.32. The molecule has 4 atom stereocenters. The largest absolute Gasteiger partial charge is 0.808 e. The lowest BCUT2D eigenvalue weighted by Gasteiger charge is -2.35. The minimum Gasteiger partial charge on any atom is -0.331 e. The second kappa shape index (κ2) is 51.4. The van der Waals surface area contributed by atoms with Crippen molar-refractivity contribution in [1.82, 2.24) is 0 Å². The molecule has 78 heavy (non-hydrogen) atoms. The van der Waals surface area contributed by atoms with Crippen LogP contribution in [0.15, 0.2) is 9.81 Å². The number of hydrogen-bond acceptors (Lipinski definition) is 24. The summed E-state index contributed by atoms with van der Waals surface area (Å²) >= 11 is 0. The van der Waals surface area contributed by atoms with Gasteiger partial charge in [-0.15, -0.1) is 0 Å². The maximum absolute atomic E-state index is 7.05. The molecule has 0 aromatic rings. The fourth-order valence-corrected chi connectivity index (χ4v) is 96.7. The Morgan fingerprint density at radius 1 is 0.359 bits per heavy atom. The Kier molecular flexibility index (Phi) is 55.1. The van der Waals surface area contributed by atoms with E-state index < -0.39 is 69.5 Å². The average Bonchev–Trinajstić information content (AvgIpc) is 3.40. The third-order valence-corrected chi connectivity index (χ3v) is 86.4. The lowest BCUT2D eigenvalue weighted by atomic mass is 10.0. The molecule has 0 rings (SSSR count). The van der Waals surface area contributed by atoms with Gasteiger partial charge >= 0.3 is 31.8 Å². The van der Waals surface area contributed by atoms with Crippen molar-refractivity contribution in [2.45, 2.75) is 181 Å². The molecule has 0 amide bonds. The molecule has 4 unspecified atom stereocenters. The Hall–Kier alpha value is 5.73. The van der Waals surface area contributed by atoms with E-state index in [1.807, 2.05) is 126 Å². The van der Waals surface area contributed by atoms with Crippen LogP contribution in [0.1, 0.15) is 176 Å². The standard InChI is InChI=1S/C46H104O12S16Si4/c1-20-39-59-67-71(75(47-25-6,48-26-7)49-27-8)63-45(64-72(68-60-40-21-2)76(50-28-9,51-29-10)52-30-11)44(24-5)46(38-37-43(18)19,65-73(69-61-41-22-3)77(53-31-12,54-32-13)55-33-14)66-74(70-62-42-23-4)78(56-34-15,57-35-16)58-36-17/h43H,20-42H2,1-19H3/q+4. The van der Waals surface area contributed by atoms with Gasteiger partial charge < -0.3 is 53.1 Å². The van der Waals surface area contributed by atoms with Crippen LogP contribution in [0.3, 0.4) is 0 Å². The van der Waals surface area contributed by atoms with Gasteiger partial charge in [0, 0.05) is 102 Å². The van der Waals surface area contributed by atoms with Gasteiger partial charge in [0.05, 0.1) is 0 Å². The van der Waals surface area contributed by atoms with Gasteiger partial charge in [0.25, 0.3) is 0 Å². The molecular weight excluding hydrogens is 1370 g/mol. The minimum atomic E-state index is -3.47. The Labute approximate surface area is 536 Å². The molecular formula is C46H104O12S16Si4+4. The third-order valence-electron chi connectivity index (χ3n) is 9.09. The van der Waals surface area contributed by atoms with Crippen LogP contribution in [0, 0.1) is 5.92 Å². The molecule has 0 bridgehead atoms. The first-order chi connectivity index (χ1) is 37.7. The zero-order valence-electron chi connectivity index (χ0n) is 50.8. The predicted octanol–water partition coefficient (Wildman–Crippen LogP) is 18.8. The van der Waals surface area contributed by atoms with E-state index in [0.717, 1.165) is 68.0 Å². The Morgan fingerprint density at radius 2 is 0.590 bits per heavy atom. The summed E-state index contributed by atoms with van der Waals surface area (Å²) in [7, 11) is 6.51. The van der Waals surface area contributed by atoms with E-state index in [4.69, 9.17) is 53.1 Å². The maximum atomic E-state index is 7.05. The highest BCUT2D eigenvalue weighted by atomic mass is 33.8. The zero-order chi connectivity index (χ0) is 58.8. The summed E-state index contributed by atoms with van der Waals surface area (Å²) in [6.07, 6.45) is 6.67. The quantitative estimate of drug-likeness (QED) is 0.0189. The molecule has 0 aliphatic rings. The van der Waals surface area contributed by atoms with E-state index in [9.17, 15) is 0 Å². The van der Waals surface area contributed by atoms with Gasteiger partial charge in [0.2, 0.25) is 0 Å². The van der Waals surface area contributed by atoms with Crippen LogP contribution in [0.5, 0.6) is 0 Å². The monoisotopic (exact) mass is 1470 g/mol. The van der Waals surface area contributed by atoms with Gasteiger partial charge in [-0.2, -0.15) is 0 Å². The van der Waals surface area contributed by atoms with Crippen LogP contribution in [-0.4, -0.2) is 138 Å². The maximum Gasteiger partial charge on any atom is 0.808 e. The van der Waals surface area contributed by atoms with Crippen LogP contribution in [0.2, 0.25) is 0 Å². The Morgan fingerprint density at radius 3 is 0.795 bits per heavy atom. The van der Waals surface area contributed by atoms with Crippen molar-refractivity contribution >= 4 is 191 Å². The summed E-state index contributed by atoms with van der Waals surface area (Å²) in [6, 6.07) is 0. The highest BCUT2D eigenvalue weighted by Gasteiger charge is 2.75. The van der Waals surface area contributed by atoms with E-state index in [2.05, 4.69) is 132 Å². The van der Waals surface area contributed by atoms with Crippen LogP contribution in [0.4, 0.5) is 0 Å². The molecule has 0 aromatic carbocycles. The first kappa shape index (κ1) is 83.7. The SMILES string of the molecule is CCCSS[S+](SC(S[S+](SSCCC)[Si](OCC)(OCC)OCC)=C(CC)C(CCC(C)C)(S[S+](SSCCC)[Si](OCC)(OCC)OCC)S[S+](SSCCC)[Si](OCC)(OCC)OCC)[Si](OCC)(OCC)OCC. The summed E-state index contributed by atoms with van der Waals surface area (Å²) in [5, 5.41) is 0. The molecule has 0 aromatic heterocycles. The van der Waals surface area contributed by atoms with Gasteiger partial charge in [0.1, 0.15) is 47.4 Å². The summed E-state index contributed by atoms with van der Waals surface area (Å²) in [6.45, 7) is 46.6. The van der Waals surface area contributed by atoms with Crippen molar-refractivity contribution in [3.8, 4) is 0 Å². The summed E-state index contributed by atoms with van der Waals surface area (Å²) < 4.78 is 84.7. The molecule has 0 aliphatic carbocycles. The fourth-order valence-electron chi connectivity index (χ4n) is 6.16. The zero-order valence-corrected chi connectivity index (χ0v) is 67.8. The van der Waals surface area contributed by atoms with Gasteiger partial charge in [-0.3, -0.25) is 0 Å². The van der Waals surface area contributed by atoms with Gasteiger partial charge in [-0.1, -0.05) is 48.5 Å². The summed E-state index contributed by atoms with van der Waals surface area (Å²) in [4.78, 5) is 0. The first-order valence-corrected chi connectivity index (χ1v) is 59.4. The minimum absolute atomic E-state index is 0.384. The lowest BCUT2D eigenvalue weighted by Crippen LogP contribution is -2.54.